The summed E-state index contributed by atoms with van der Waals surface area (Å²) >= 11 is 4.91. The van der Waals surface area contributed by atoms with Crippen molar-refractivity contribution in [1.29, 1.82) is 0 Å². The standard InChI is InChI=1S/C12H12BrN3O2S/c13-9-5-7(6-17)1-4-10(9)19-12-15-14-11(18)16(12)8-2-3-8/h1,4-5,8,17H,2-3,6H2,(H,14,18). The number of aromatic nitrogens is 3. The van der Waals surface area contributed by atoms with Crippen molar-refractivity contribution in [3.63, 3.8) is 0 Å². The number of H-pyrrole nitrogens is 1. The molecule has 3 rings (SSSR count). The molecule has 0 spiro atoms. The third-order valence-corrected chi connectivity index (χ3v) is 4.93. The third-order valence-electron chi connectivity index (χ3n) is 2.96. The highest BCUT2D eigenvalue weighted by Crippen LogP contribution is 2.39. The molecule has 0 aliphatic heterocycles. The topological polar surface area (TPSA) is 70.9 Å². The van der Waals surface area contributed by atoms with Gasteiger partial charge in [0.1, 0.15) is 0 Å². The van der Waals surface area contributed by atoms with Crippen LogP contribution >= 0.6 is 27.7 Å². The predicted molar refractivity (Wildman–Crippen MR) is 75.3 cm³/mol. The smallest absolute Gasteiger partial charge is 0.344 e. The number of halogens is 1. The molecule has 1 aromatic heterocycles. The number of hydrogen-bond acceptors (Lipinski definition) is 4. The molecule has 100 valence electrons. The highest BCUT2D eigenvalue weighted by Gasteiger charge is 2.28. The fourth-order valence-electron chi connectivity index (χ4n) is 1.84. The summed E-state index contributed by atoms with van der Waals surface area (Å²) in [5.41, 5.74) is 0.700. The van der Waals surface area contributed by atoms with Gasteiger partial charge in [0, 0.05) is 15.4 Å². The molecule has 0 amide bonds. The molecule has 1 fully saturated rings. The van der Waals surface area contributed by atoms with E-state index in [9.17, 15) is 4.79 Å². The van der Waals surface area contributed by atoms with Crippen molar-refractivity contribution < 1.29 is 5.11 Å². The normalized spacial score (nSPS) is 14.8. The average Bonchev–Trinajstić information content (AvgIpc) is 3.17. The number of aliphatic hydroxyl groups excluding tert-OH is 1. The average molecular weight is 342 g/mol. The first-order chi connectivity index (χ1) is 9.19. The summed E-state index contributed by atoms with van der Waals surface area (Å²) in [6.45, 7) is 0.0126. The molecule has 0 bridgehead atoms. The molecule has 1 aromatic carbocycles. The van der Waals surface area contributed by atoms with Crippen LogP contribution in [0, 0.1) is 0 Å². The quantitative estimate of drug-likeness (QED) is 0.895. The summed E-state index contributed by atoms with van der Waals surface area (Å²) in [5, 5.41) is 16.3. The van der Waals surface area contributed by atoms with Gasteiger partial charge >= 0.3 is 5.69 Å². The molecule has 7 heteroatoms. The maximum absolute atomic E-state index is 11.7. The summed E-state index contributed by atoms with van der Waals surface area (Å²) in [4.78, 5) is 12.7. The van der Waals surface area contributed by atoms with Crippen molar-refractivity contribution in [1.82, 2.24) is 14.8 Å². The highest BCUT2D eigenvalue weighted by molar-refractivity contribution is 9.10. The number of hydrogen-bond donors (Lipinski definition) is 2. The second-order valence-corrected chi connectivity index (χ2v) is 6.30. The number of aromatic amines is 1. The minimum Gasteiger partial charge on any atom is -0.392 e. The first-order valence-corrected chi connectivity index (χ1v) is 7.54. The Hall–Kier alpha value is -1.05. The van der Waals surface area contributed by atoms with E-state index >= 15 is 0 Å². The van der Waals surface area contributed by atoms with Gasteiger partial charge in [-0.05, 0) is 58.2 Å². The molecule has 2 aromatic rings. The van der Waals surface area contributed by atoms with Crippen LogP contribution in [0.5, 0.6) is 0 Å². The summed E-state index contributed by atoms with van der Waals surface area (Å²) in [7, 11) is 0. The first-order valence-electron chi connectivity index (χ1n) is 5.93. The Morgan fingerprint density at radius 2 is 2.32 bits per heavy atom. The number of benzene rings is 1. The van der Waals surface area contributed by atoms with E-state index in [1.165, 1.54) is 11.8 Å². The maximum atomic E-state index is 11.7. The van der Waals surface area contributed by atoms with Gasteiger partial charge in [0.05, 0.1) is 6.61 Å². The molecular weight excluding hydrogens is 330 g/mol. The van der Waals surface area contributed by atoms with E-state index in [2.05, 4.69) is 26.1 Å². The second-order valence-electron chi connectivity index (χ2n) is 4.44. The van der Waals surface area contributed by atoms with E-state index in [-0.39, 0.29) is 12.3 Å². The van der Waals surface area contributed by atoms with E-state index in [1.807, 2.05) is 18.2 Å². The summed E-state index contributed by atoms with van der Waals surface area (Å²) < 4.78 is 2.61. The lowest BCUT2D eigenvalue weighted by molar-refractivity contribution is 0.281. The van der Waals surface area contributed by atoms with Crippen LogP contribution in [0.25, 0.3) is 0 Å². The number of nitrogens with zero attached hydrogens (tertiary/aromatic N) is 2. The maximum Gasteiger partial charge on any atom is 0.344 e. The number of rotatable bonds is 4. The zero-order valence-electron chi connectivity index (χ0n) is 9.97. The molecule has 19 heavy (non-hydrogen) atoms. The Labute approximate surface area is 122 Å². The number of aliphatic hydroxyl groups is 1. The van der Waals surface area contributed by atoms with Crippen LogP contribution in [-0.4, -0.2) is 19.9 Å². The van der Waals surface area contributed by atoms with Crippen LogP contribution in [0.2, 0.25) is 0 Å². The molecular formula is C12H12BrN3O2S. The lowest BCUT2D eigenvalue weighted by Crippen LogP contribution is -2.16. The van der Waals surface area contributed by atoms with Gasteiger partial charge in [-0.2, -0.15) is 0 Å². The van der Waals surface area contributed by atoms with Crippen molar-refractivity contribution in [2.24, 2.45) is 0 Å². The van der Waals surface area contributed by atoms with Crippen LogP contribution in [0.15, 0.2) is 37.5 Å². The van der Waals surface area contributed by atoms with E-state index in [1.54, 1.807) is 4.57 Å². The van der Waals surface area contributed by atoms with Gasteiger partial charge in [-0.1, -0.05) is 6.07 Å². The highest BCUT2D eigenvalue weighted by atomic mass is 79.9. The van der Waals surface area contributed by atoms with Gasteiger partial charge in [-0.3, -0.25) is 4.57 Å². The predicted octanol–water partition coefficient (Wildman–Crippen LogP) is 2.31. The molecule has 0 atom stereocenters. The molecule has 0 unspecified atom stereocenters. The van der Waals surface area contributed by atoms with Crippen LogP contribution in [0.3, 0.4) is 0 Å². The van der Waals surface area contributed by atoms with Gasteiger partial charge in [0.25, 0.3) is 0 Å². The Kier molecular flexibility index (Phi) is 3.51. The van der Waals surface area contributed by atoms with Crippen LogP contribution < -0.4 is 5.69 Å². The van der Waals surface area contributed by atoms with Crippen molar-refractivity contribution in [3.8, 4) is 0 Å². The lowest BCUT2D eigenvalue weighted by atomic mass is 10.2. The number of nitrogens with one attached hydrogen (secondary N) is 1. The molecule has 1 aliphatic carbocycles. The minimum atomic E-state index is -0.145. The van der Waals surface area contributed by atoms with Gasteiger partial charge in [0.2, 0.25) is 0 Å². The van der Waals surface area contributed by atoms with Crippen molar-refractivity contribution in [3.05, 3.63) is 38.7 Å². The molecule has 1 aliphatic rings. The zero-order valence-corrected chi connectivity index (χ0v) is 12.4. The van der Waals surface area contributed by atoms with Crippen molar-refractivity contribution in [2.45, 2.75) is 35.5 Å². The van der Waals surface area contributed by atoms with Gasteiger partial charge in [-0.15, -0.1) is 5.10 Å². The first kappa shape index (κ1) is 13.0. The minimum absolute atomic E-state index is 0.0126. The fourth-order valence-corrected chi connectivity index (χ4v) is 3.42. The summed E-state index contributed by atoms with van der Waals surface area (Å²) in [6, 6.07) is 5.94. The molecule has 2 N–H and O–H groups in total. The third kappa shape index (κ3) is 2.63. The lowest BCUT2D eigenvalue weighted by Gasteiger charge is -2.06. The van der Waals surface area contributed by atoms with Crippen molar-refractivity contribution in [2.75, 3.05) is 0 Å². The van der Waals surface area contributed by atoms with E-state index in [0.29, 0.717) is 11.2 Å². The summed E-state index contributed by atoms with van der Waals surface area (Å²) in [5.74, 6) is 0. The van der Waals surface area contributed by atoms with Crippen LogP contribution in [-0.2, 0) is 6.61 Å². The zero-order chi connectivity index (χ0) is 13.4. The van der Waals surface area contributed by atoms with Gasteiger partial charge < -0.3 is 5.11 Å². The van der Waals surface area contributed by atoms with Gasteiger partial charge in [0.15, 0.2) is 5.16 Å². The molecule has 1 heterocycles. The van der Waals surface area contributed by atoms with Gasteiger partial charge in [-0.25, -0.2) is 9.89 Å². The Morgan fingerprint density at radius 3 is 2.95 bits per heavy atom. The van der Waals surface area contributed by atoms with E-state index < -0.39 is 0 Å². The van der Waals surface area contributed by atoms with Crippen LogP contribution in [0.4, 0.5) is 0 Å². The monoisotopic (exact) mass is 341 g/mol. The Balaban J connectivity index is 1.91. The Morgan fingerprint density at radius 1 is 1.53 bits per heavy atom. The SMILES string of the molecule is O=c1[nH]nc(Sc2ccc(CO)cc2Br)n1C1CC1. The second kappa shape index (κ2) is 5.15. The summed E-state index contributed by atoms with van der Waals surface area (Å²) in [6.07, 6.45) is 2.08. The molecule has 0 radical (unpaired) electrons. The van der Waals surface area contributed by atoms with Crippen LogP contribution in [0.1, 0.15) is 24.4 Å². The molecule has 5 nitrogen and oxygen atoms in total. The Bertz CT molecular complexity index is 663. The van der Waals surface area contributed by atoms with E-state index in [0.717, 1.165) is 27.8 Å². The van der Waals surface area contributed by atoms with Crippen molar-refractivity contribution >= 4 is 27.7 Å². The van der Waals surface area contributed by atoms with E-state index in [4.69, 9.17) is 5.11 Å². The molecule has 0 saturated heterocycles. The molecule has 1 saturated carbocycles. The largest absolute Gasteiger partial charge is 0.392 e. The fraction of sp³-hybridized carbons (Fsp3) is 0.333.